The Hall–Kier alpha value is -1.08. The molecule has 1 rings (SSSR count). The molecule has 0 bridgehead atoms. The summed E-state index contributed by atoms with van der Waals surface area (Å²) in [5.41, 5.74) is 5.55. The summed E-state index contributed by atoms with van der Waals surface area (Å²) in [5.74, 6) is -0.610. The molecule has 1 aromatic rings. The topological polar surface area (TPSA) is 65.2 Å². The Kier molecular flexibility index (Phi) is 4.95. The largest absolute Gasteiger partial charge is 0.469 e. The summed E-state index contributed by atoms with van der Waals surface area (Å²) in [4.78, 5) is 15.1. The van der Waals surface area contributed by atoms with Crippen molar-refractivity contribution >= 4 is 21.9 Å². The van der Waals surface area contributed by atoms with E-state index in [1.165, 1.54) is 13.3 Å². The Bertz CT molecular complexity index is 427. The van der Waals surface area contributed by atoms with E-state index in [2.05, 4.69) is 25.7 Å². The molecule has 0 atom stereocenters. The molecule has 0 amide bonds. The van der Waals surface area contributed by atoms with E-state index < -0.39 is 12.4 Å². The smallest absolute Gasteiger partial charge is 0.310 e. The van der Waals surface area contributed by atoms with Crippen LogP contribution in [0.1, 0.15) is 23.2 Å². The summed E-state index contributed by atoms with van der Waals surface area (Å²) in [5, 5.41) is 0. The lowest BCUT2D eigenvalue weighted by atomic mass is 10.0. The highest BCUT2D eigenvalue weighted by molar-refractivity contribution is 9.10. The molecule has 17 heavy (non-hydrogen) atoms. The molecule has 0 fully saturated rings. The van der Waals surface area contributed by atoms with Crippen molar-refractivity contribution in [2.24, 2.45) is 5.73 Å². The minimum atomic E-state index is -2.71. The van der Waals surface area contributed by atoms with Crippen LogP contribution in [0.4, 0.5) is 8.78 Å². The number of aromatic nitrogens is 1. The van der Waals surface area contributed by atoms with E-state index in [0.29, 0.717) is 0 Å². The second-order valence-electron chi connectivity index (χ2n) is 3.20. The number of halogens is 3. The number of ether oxygens (including phenoxy) is 1. The average Bonchev–Trinajstić information content (AvgIpc) is 2.28. The van der Waals surface area contributed by atoms with Gasteiger partial charge in [0.2, 0.25) is 0 Å². The summed E-state index contributed by atoms with van der Waals surface area (Å²) >= 11 is 2.99. The number of hydrogen-bond acceptors (Lipinski definition) is 4. The molecule has 0 unspecified atom stereocenters. The van der Waals surface area contributed by atoms with Gasteiger partial charge in [0.25, 0.3) is 6.43 Å². The van der Waals surface area contributed by atoms with Crippen LogP contribution >= 0.6 is 15.9 Å². The SMILES string of the molecule is COC(=O)Cc1c(CN)ncc(Br)c1C(F)F. The van der Waals surface area contributed by atoms with Crippen LogP contribution in [0, 0.1) is 0 Å². The van der Waals surface area contributed by atoms with Crippen LogP contribution in [0.25, 0.3) is 0 Å². The van der Waals surface area contributed by atoms with Crippen molar-refractivity contribution in [2.75, 3.05) is 7.11 Å². The third kappa shape index (κ3) is 3.19. The molecule has 0 spiro atoms. The number of nitrogens with two attached hydrogens (primary N) is 1. The van der Waals surface area contributed by atoms with Crippen molar-refractivity contribution < 1.29 is 18.3 Å². The zero-order valence-electron chi connectivity index (χ0n) is 9.04. The monoisotopic (exact) mass is 308 g/mol. The van der Waals surface area contributed by atoms with Crippen LogP contribution < -0.4 is 5.73 Å². The predicted molar refractivity (Wildman–Crippen MR) is 60.5 cm³/mol. The maximum atomic E-state index is 12.9. The first-order valence-electron chi connectivity index (χ1n) is 4.72. The van der Waals surface area contributed by atoms with E-state index in [1.54, 1.807) is 0 Å². The molecular formula is C10H11BrF2N2O2. The quantitative estimate of drug-likeness (QED) is 0.864. The fourth-order valence-electron chi connectivity index (χ4n) is 1.41. The summed E-state index contributed by atoms with van der Waals surface area (Å²) in [7, 11) is 1.19. The summed E-state index contributed by atoms with van der Waals surface area (Å²) < 4.78 is 30.4. The second kappa shape index (κ2) is 6.02. The van der Waals surface area contributed by atoms with Gasteiger partial charge in [0.1, 0.15) is 0 Å². The Morgan fingerprint density at radius 2 is 2.29 bits per heavy atom. The number of pyridine rings is 1. The Morgan fingerprint density at radius 1 is 1.65 bits per heavy atom. The number of alkyl halides is 2. The van der Waals surface area contributed by atoms with E-state index in [9.17, 15) is 13.6 Å². The first kappa shape index (κ1) is 14.0. The van der Waals surface area contributed by atoms with Crippen molar-refractivity contribution in [3.8, 4) is 0 Å². The summed E-state index contributed by atoms with van der Waals surface area (Å²) in [6.45, 7) is -0.0146. The molecule has 0 aliphatic rings. The lowest BCUT2D eigenvalue weighted by Gasteiger charge is -2.13. The first-order chi connectivity index (χ1) is 8.01. The van der Waals surface area contributed by atoms with Gasteiger partial charge in [-0.15, -0.1) is 0 Å². The van der Waals surface area contributed by atoms with Crippen molar-refractivity contribution in [1.82, 2.24) is 4.98 Å². The molecule has 0 saturated carbocycles. The van der Waals surface area contributed by atoms with Crippen molar-refractivity contribution in [2.45, 2.75) is 19.4 Å². The highest BCUT2D eigenvalue weighted by atomic mass is 79.9. The van der Waals surface area contributed by atoms with Crippen molar-refractivity contribution in [1.29, 1.82) is 0 Å². The van der Waals surface area contributed by atoms with Gasteiger partial charge in [-0.2, -0.15) is 0 Å². The molecule has 0 aromatic carbocycles. The number of hydrogen-bond donors (Lipinski definition) is 1. The van der Waals surface area contributed by atoms with Crippen LogP contribution in [0.15, 0.2) is 10.7 Å². The third-order valence-corrected chi connectivity index (χ3v) is 2.86. The highest BCUT2D eigenvalue weighted by Crippen LogP contribution is 2.31. The minimum Gasteiger partial charge on any atom is -0.469 e. The lowest BCUT2D eigenvalue weighted by molar-refractivity contribution is -0.139. The molecule has 0 radical (unpaired) electrons. The number of rotatable bonds is 4. The molecule has 0 aliphatic heterocycles. The lowest BCUT2D eigenvalue weighted by Crippen LogP contribution is -2.14. The first-order valence-corrected chi connectivity index (χ1v) is 5.51. The number of nitrogens with zero attached hydrogens (tertiary/aromatic N) is 1. The molecule has 0 aliphatic carbocycles. The van der Waals surface area contributed by atoms with Crippen molar-refractivity contribution in [3.63, 3.8) is 0 Å². The maximum absolute atomic E-state index is 12.9. The fourth-order valence-corrected chi connectivity index (χ4v) is 1.92. The Morgan fingerprint density at radius 3 is 2.76 bits per heavy atom. The van der Waals surface area contributed by atoms with E-state index in [-0.39, 0.29) is 34.3 Å². The van der Waals surface area contributed by atoms with Gasteiger partial charge in [0.05, 0.1) is 19.2 Å². The van der Waals surface area contributed by atoms with Crippen molar-refractivity contribution in [3.05, 3.63) is 27.5 Å². The number of carbonyl (C=O) groups excluding carboxylic acids is 1. The minimum absolute atomic E-state index is 0.0146. The highest BCUT2D eigenvalue weighted by Gasteiger charge is 2.22. The van der Waals surface area contributed by atoms with E-state index in [4.69, 9.17) is 5.73 Å². The van der Waals surface area contributed by atoms with E-state index in [1.807, 2.05) is 0 Å². The molecular weight excluding hydrogens is 298 g/mol. The summed E-state index contributed by atoms with van der Waals surface area (Å²) in [6.07, 6.45) is -1.73. The predicted octanol–water partition coefficient (Wildman–Crippen LogP) is 1.96. The second-order valence-corrected chi connectivity index (χ2v) is 4.06. The zero-order chi connectivity index (χ0) is 13.0. The molecule has 4 nitrogen and oxygen atoms in total. The van der Waals surface area contributed by atoms with Gasteiger partial charge < -0.3 is 10.5 Å². The number of carbonyl (C=O) groups is 1. The van der Waals surface area contributed by atoms with Gasteiger partial charge >= 0.3 is 5.97 Å². The molecule has 94 valence electrons. The van der Waals surface area contributed by atoms with Gasteiger partial charge in [-0.25, -0.2) is 8.78 Å². The van der Waals surface area contributed by atoms with Gasteiger partial charge in [-0.05, 0) is 21.5 Å². The van der Waals surface area contributed by atoms with Crippen LogP contribution in [0.5, 0.6) is 0 Å². The van der Waals surface area contributed by atoms with Crippen LogP contribution in [-0.2, 0) is 22.5 Å². The molecule has 0 saturated heterocycles. The number of esters is 1. The average molecular weight is 309 g/mol. The standard InChI is InChI=1S/C10H11BrF2N2O2/c1-17-8(16)2-5-7(3-14)15-4-6(11)9(5)10(12)13/h4,10H,2-3,14H2,1H3. The van der Waals surface area contributed by atoms with Gasteiger partial charge in [0.15, 0.2) is 0 Å². The molecule has 2 N–H and O–H groups in total. The molecule has 1 aromatic heterocycles. The Balaban J connectivity index is 3.29. The third-order valence-electron chi connectivity index (χ3n) is 2.22. The van der Waals surface area contributed by atoms with Crippen LogP contribution in [-0.4, -0.2) is 18.1 Å². The molecule has 1 heterocycles. The Labute approximate surface area is 105 Å². The van der Waals surface area contributed by atoms with Crippen LogP contribution in [0.3, 0.4) is 0 Å². The van der Waals surface area contributed by atoms with Gasteiger partial charge in [-0.1, -0.05) is 0 Å². The fraction of sp³-hybridized carbons (Fsp3) is 0.400. The molecule has 7 heteroatoms. The van der Waals surface area contributed by atoms with E-state index >= 15 is 0 Å². The maximum Gasteiger partial charge on any atom is 0.310 e. The number of methoxy groups -OCH3 is 1. The normalized spacial score (nSPS) is 10.7. The summed E-state index contributed by atoms with van der Waals surface area (Å²) in [6, 6.07) is 0. The van der Waals surface area contributed by atoms with Crippen LogP contribution in [0.2, 0.25) is 0 Å². The van der Waals surface area contributed by atoms with Gasteiger partial charge in [-0.3, -0.25) is 9.78 Å². The van der Waals surface area contributed by atoms with E-state index in [0.717, 1.165) is 0 Å². The zero-order valence-corrected chi connectivity index (χ0v) is 10.6. The van der Waals surface area contributed by atoms with Gasteiger partial charge in [0, 0.05) is 22.8 Å².